The molecule has 0 amide bonds. The molecule has 0 aromatic carbocycles. The second-order valence-corrected chi connectivity index (χ2v) is 7.22. The predicted molar refractivity (Wildman–Crippen MR) is 85.5 cm³/mol. The summed E-state index contributed by atoms with van der Waals surface area (Å²) in [7, 11) is 0. The molecule has 0 aromatic rings. The van der Waals surface area contributed by atoms with Crippen LogP contribution < -0.4 is 0 Å². The minimum Gasteiger partial charge on any atom is -0.463 e. The van der Waals surface area contributed by atoms with Crippen molar-refractivity contribution >= 4 is 58.6 Å². The first-order valence-corrected chi connectivity index (χ1v) is 8.01. The van der Waals surface area contributed by atoms with E-state index in [1.54, 1.807) is 0 Å². The molecule has 0 aliphatic carbocycles. The lowest BCUT2D eigenvalue weighted by Crippen LogP contribution is -2.42. The Morgan fingerprint density at radius 3 is 1.92 bits per heavy atom. The standard InChI is InChI=1S/C13H16Cl3NO8/c1-5(18)21-4-8-9(22-6(2)19)10(23-7(3)20)11(24-8)25-12(17)13(14,15)16/h8-11,17H,4H2,1-3H3/t8-,9-,10-,11?/m1/s1. The van der Waals surface area contributed by atoms with Gasteiger partial charge in [0.05, 0.1) is 0 Å². The number of alkyl halides is 3. The molecule has 0 radical (unpaired) electrons. The number of nitrogens with one attached hydrogen (secondary N) is 1. The van der Waals surface area contributed by atoms with Crippen LogP contribution in [0.5, 0.6) is 0 Å². The van der Waals surface area contributed by atoms with Gasteiger partial charge in [0.15, 0.2) is 6.10 Å². The van der Waals surface area contributed by atoms with Crippen molar-refractivity contribution in [2.24, 2.45) is 0 Å². The number of hydrogen-bond acceptors (Lipinski definition) is 9. The zero-order valence-electron chi connectivity index (χ0n) is 13.4. The van der Waals surface area contributed by atoms with Gasteiger partial charge >= 0.3 is 17.9 Å². The molecule has 0 spiro atoms. The van der Waals surface area contributed by atoms with Crippen molar-refractivity contribution in [2.45, 2.75) is 49.2 Å². The maximum absolute atomic E-state index is 11.3. The zero-order valence-corrected chi connectivity index (χ0v) is 15.7. The molecule has 0 saturated carbocycles. The lowest BCUT2D eigenvalue weighted by atomic mass is 10.1. The van der Waals surface area contributed by atoms with Crippen molar-refractivity contribution in [1.29, 1.82) is 5.41 Å². The summed E-state index contributed by atoms with van der Waals surface area (Å²) < 4.78 is 23.3. The maximum Gasteiger partial charge on any atom is 0.303 e. The van der Waals surface area contributed by atoms with E-state index >= 15 is 0 Å². The Morgan fingerprint density at radius 1 is 0.960 bits per heavy atom. The van der Waals surface area contributed by atoms with E-state index in [2.05, 4.69) is 0 Å². The maximum atomic E-state index is 11.3. The Hall–Kier alpha value is -1.29. The molecule has 1 fully saturated rings. The van der Waals surface area contributed by atoms with Crippen molar-refractivity contribution in [1.82, 2.24) is 0 Å². The second kappa shape index (κ2) is 8.88. The minimum absolute atomic E-state index is 0.313. The molecule has 9 nitrogen and oxygen atoms in total. The second-order valence-electron chi connectivity index (χ2n) is 4.94. The molecule has 12 heteroatoms. The average Bonchev–Trinajstić information content (AvgIpc) is 2.72. The van der Waals surface area contributed by atoms with Gasteiger partial charge in [0.25, 0.3) is 3.79 Å². The first-order chi connectivity index (χ1) is 11.4. The molecule has 1 aliphatic rings. The van der Waals surface area contributed by atoms with Crippen LogP contribution in [-0.2, 0) is 38.1 Å². The van der Waals surface area contributed by atoms with E-state index in [9.17, 15) is 14.4 Å². The van der Waals surface area contributed by atoms with E-state index in [0.29, 0.717) is 0 Å². The largest absolute Gasteiger partial charge is 0.463 e. The minimum atomic E-state index is -2.19. The number of rotatable bonds is 5. The average molecular weight is 421 g/mol. The summed E-state index contributed by atoms with van der Waals surface area (Å²) in [6, 6.07) is 0. The Labute approximate surface area is 158 Å². The first kappa shape index (κ1) is 21.8. The summed E-state index contributed by atoms with van der Waals surface area (Å²) in [4.78, 5) is 33.7. The van der Waals surface area contributed by atoms with E-state index in [-0.39, 0.29) is 6.61 Å². The topological polar surface area (TPSA) is 121 Å². The molecule has 1 N–H and O–H groups in total. The van der Waals surface area contributed by atoms with Crippen LogP contribution in [0.15, 0.2) is 0 Å². The highest BCUT2D eigenvalue weighted by atomic mass is 35.6. The number of hydrogen-bond donors (Lipinski definition) is 1. The smallest absolute Gasteiger partial charge is 0.303 e. The lowest BCUT2D eigenvalue weighted by molar-refractivity contribution is -0.172. The van der Waals surface area contributed by atoms with Gasteiger partial charge in [0, 0.05) is 20.8 Å². The van der Waals surface area contributed by atoms with E-state index < -0.39 is 52.2 Å². The van der Waals surface area contributed by atoms with Crippen LogP contribution in [0.2, 0.25) is 0 Å². The van der Waals surface area contributed by atoms with Gasteiger partial charge in [0.1, 0.15) is 12.7 Å². The number of carbonyl (C=O) groups is 3. The van der Waals surface area contributed by atoms with Gasteiger partial charge in [-0.25, -0.2) is 0 Å². The third-order valence-corrected chi connectivity index (χ3v) is 3.33. The number of esters is 3. The molecule has 1 aliphatic heterocycles. The molecule has 1 rings (SSSR count). The van der Waals surface area contributed by atoms with Crippen molar-refractivity contribution in [3.63, 3.8) is 0 Å². The quantitative estimate of drug-likeness (QED) is 0.233. The van der Waals surface area contributed by atoms with Gasteiger partial charge < -0.3 is 23.7 Å². The molecule has 0 bridgehead atoms. The van der Waals surface area contributed by atoms with E-state index in [0.717, 1.165) is 13.8 Å². The van der Waals surface area contributed by atoms with Gasteiger partial charge in [-0.2, -0.15) is 0 Å². The fourth-order valence-corrected chi connectivity index (χ4v) is 2.09. The normalized spacial score (nSPS) is 25.8. The van der Waals surface area contributed by atoms with Crippen LogP contribution in [0.4, 0.5) is 0 Å². The molecular weight excluding hydrogens is 405 g/mol. The molecule has 1 unspecified atom stereocenters. The van der Waals surface area contributed by atoms with Gasteiger partial charge in [0.2, 0.25) is 18.3 Å². The number of ether oxygens (including phenoxy) is 5. The van der Waals surface area contributed by atoms with Gasteiger partial charge in [-0.15, -0.1) is 0 Å². The van der Waals surface area contributed by atoms with Crippen LogP contribution in [-0.4, -0.2) is 58.8 Å². The summed E-state index contributed by atoms with van der Waals surface area (Å²) in [5.41, 5.74) is 0. The Balaban J connectivity index is 3.03. The predicted octanol–water partition coefficient (Wildman–Crippen LogP) is 1.50. The SMILES string of the molecule is CC(=O)OC[C@H]1OC(OC(=N)C(Cl)(Cl)Cl)[C@H](OC(C)=O)[C@@H]1OC(C)=O. The fourth-order valence-electron chi connectivity index (χ4n) is 1.95. The highest BCUT2D eigenvalue weighted by Crippen LogP contribution is 2.33. The summed E-state index contributed by atoms with van der Waals surface area (Å²) in [5.74, 6) is -2.83. The van der Waals surface area contributed by atoms with Crippen molar-refractivity contribution in [2.75, 3.05) is 6.61 Å². The molecule has 142 valence electrons. The summed E-state index contributed by atoms with van der Waals surface area (Å²) in [5, 5.41) is 7.59. The van der Waals surface area contributed by atoms with Crippen LogP contribution in [0.25, 0.3) is 0 Å². The summed E-state index contributed by atoms with van der Waals surface area (Å²) in [6.07, 6.45) is -4.87. The summed E-state index contributed by atoms with van der Waals surface area (Å²) >= 11 is 16.6. The van der Waals surface area contributed by atoms with E-state index in [1.807, 2.05) is 0 Å². The first-order valence-electron chi connectivity index (χ1n) is 6.87. The molecular formula is C13H16Cl3NO8. The monoisotopic (exact) mass is 419 g/mol. The van der Waals surface area contributed by atoms with Crippen molar-refractivity contribution in [3.8, 4) is 0 Å². The molecule has 0 aromatic heterocycles. The van der Waals surface area contributed by atoms with Gasteiger partial charge in [-0.3, -0.25) is 19.8 Å². The van der Waals surface area contributed by atoms with E-state index in [1.165, 1.54) is 6.92 Å². The highest BCUT2D eigenvalue weighted by molar-refractivity contribution is 6.76. The van der Waals surface area contributed by atoms with Gasteiger partial charge in [-0.1, -0.05) is 34.8 Å². The third-order valence-electron chi connectivity index (χ3n) is 2.81. The zero-order chi connectivity index (χ0) is 19.4. The van der Waals surface area contributed by atoms with Crippen LogP contribution in [0.3, 0.4) is 0 Å². The Morgan fingerprint density at radius 2 is 1.48 bits per heavy atom. The number of carbonyl (C=O) groups excluding carboxylic acids is 3. The van der Waals surface area contributed by atoms with Crippen molar-refractivity contribution < 1.29 is 38.1 Å². The lowest BCUT2D eigenvalue weighted by Gasteiger charge is -2.24. The van der Waals surface area contributed by atoms with Crippen molar-refractivity contribution in [3.05, 3.63) is 0 Å². The summed E-state index contributed by atoms with van der Waals surface area (Å²) in [6.45, 7) is 3.10. The van der Waals surface area contributed by atoms with Gasteiger partial charge in [-0.05, 0) is 0 Å². The van der Waals surface area contributed by atoms with E-state index in [4.69, 9.17) is 63.9 Å². The Bertz CT molecular complexity index is 550. The van der Waals surface area contributed by atoms with Crippen LogP contribution in [0, 0.1) is 5.41 Å². The highest BCUT2D eigenvalue weighted by Gasteiger charge is 2.52. The molecule has 4 atom stereocenters. The molecule has 1 saturated heterocycles. The Kier molecular flexibility index (Phi) is 7.73. The van der Waals surface area contributed by atoms with Crippen LogP contribution in [0.1, 0.15) is 20.8 Å². The number of halogens is 3. The molecule has 1 heterocycles. The van der Waals surface area contributed by atoms with Crippen LogP contribution >= 0.6 is 34.8 Å². The third kappa shape index (κ3) is 6.85. The molecule has 25 heavy (non-hydrogen) atoms. The fraction of sp³-hybridized carbons (Fsp3) is 0.692.